The predicted octanol–water partition coefficient (Wildman–Crippen LogP) is 3.62. The fourth-order valence-electron chi connectivity index (χ4n) is 2.76. The number of carbonyl (C=O) groups is 1. The average molecular weight is 370 g/mol. The van der Waals surface area contributed by atoms with Crippen molar-refractivity contribution in [2.24, 2.45) is 0 Å². The lowest BCUT2D eigenvalue weighted by Gasteiger charge is -2.16. The smallest absolute Gasteiger partial charge is 0.257 e. The Hall–Kier alpha value is -2.53. The van der Waals surface area contributed by atoms with Crippen LogP contribution in [-0.4, -0.2) is 26.2 Å². The molecule has 1 atom stereocenters. The summed E-state index contributed by atoms with van der Waals surface area (Å²) in [5.41, 5.74) is 3.70. The first-order chi connectivity index (χ1) is 13.1. The highest BCUT2D eigenvalue weighted by Gasteiger charge is 2.10. The zero-order valence-corrected chi connectivity index (χ0v) is 16.7. The summed E-state index contributed by atoms with van der Waals surface area (Å²) in [6.45, 7) is 7.47. The number of amides is 1. The Morgan fingerprint density at radius 2 is 1.74 bits per heavy atom. The molecule has 0 heterocycles. The van der Waals surface area contributed by atoms with Gasteiger partial charge in [-0.2, -0.15) is 0 Å². The molecule has 146 valence electrons. The maximum atomic E-state index is 11.5. The van der Waals surface area contributed by atoms with Gasteiger partial charge in [0.05, 0.1) is 7.11 Å². The molecule has 0 aliphatic carbocycles. The van der Waals surface area contributed by atoms with Gasteiger partial charge in [0.2, 0.25) is 0 Å². The highest BCUT2D eigenvalue weighted by molar-refractivity contribution is 5.77. The highest BCUT2D eigenvalue weighted by Crippen LogP contribution is 2.28. The van der Waals surface area contributed by atoms with Crippen LogP contribution in [-0.2, 0) is 17.8 Å². The number of likely N-dealkylation sites (N-methyl/N-ethyl adjacent to an activating group) is 1. The van der Waals surface area contributed by atoms with E-state index in [0.29, 0.717) is 24.6 Å². The zero-order chi connectivity index (χ0) is 19.6. The van der Waals surface area contributed by atoms with E-state index in [9.17, 15) is 4.79 Å². The number of carbonyl (C=O) groups excluding carboxylic acids is 1. The topological polar surface area (TPSA) is 59.6 Å². The maximum absolute atomic E-state index is 11.5. The van der Waals surface area contributed by atoms with E-state index in [1.165, 1.54) is 11.1 Å². The third-order valence-corrected chi connectivity index (χ3v) is 4.46. The molecule has 2 N–H and O–H groups in total. The van der Waals surface area contributed by atoms with Crippen LogP contribution in [0.1, 0.15) is 43.5 Å². The second-order valence-corrected chi connectivity index (χ2v) is 6.43. The number of methoxy groups -OCH3 is 1. The first-order valence-corrected chi connectivity index (χ1v) is 9.46. The van der Waals surface area contributed by atoms with Crippen LogP contribution >= 0.6 is 0 Å². The standard InChI is InChI=1S/C22H30N2O3/c1-5-17-7-10-19(11-8-17)16(3)24-14-18-9-12-20(21(13-18)26-4)27-15-22(25)23-6-2/h7-13,16,24H,5-6,14-15H2,1-4H3,(H,23,25). The van der Waals surface area contributed by atoms with Crippen molar-refractivity contribution in [2.45, 2.75) is 39.8 Å². The highest BCUT2D eigenvalue weighted by atomic mass is 16.5. The second-order valence-electron chi connectivity index (χ2n) is 6.43. The molecule has 5 heteroatoms. The summed E-state index contributed by atoms with van der Waals surface area (Å²) in [7, 11) is 1.60. The van der Waals surface area contributed by atoms with Crippen LogP contribution in [0.4, 0.5) is 0 Å². The van der Waals surface area contributed by atoms with Crippen molar-refractivity contribution in [3.63, 3.8) is 0 Å². The van der Waals surface area contributed by atoms with Crippen molar-refractivity contribution in [2.75, 3.05) is 20.3 Å². The summed E-state index contributed by atoms with van der Waals surface area (Å²) in [5.74, 6) is 1.04. The molecule has 0 bridgehead atoms. The molecule has 2 rings (SSSR count). The minimum Gasteiger partial charge on any atom is -0.493 e. The lowest BCUT2D eigenvalue weighted by Crippen LogP contribution is -2.28. The molecular weight excluding hydrogens is 340 g/mol. The van der Waals surface area contributed by atoms with Gasteiger partial charge in [-0.25, -0.2) is 0 Å². The first-order valence-electron chi connectivity index (χ1n) is 9.46. The van der Waals surface area contributed by atoms with Crippen LogP contribution in [0.2, 0.25) is 0 Å². The maximum Gasteiger partial charge on any atom is 0.257 e. The zero-order valence-electron chi connectivity index (χ0n) is 16.7. The minimum absolute atomic E-state index is 0.0212. The molecule has 5 nitrogen and oxygen atoms in total. The molecule has 0 radical (unpaired) electrons. The molecule has 0 aliphatic rings. The van der Waals surface area contributed by atoms with Crippen molar-refractivity contribution in [1.29, 1.82) is 0 Å². The van der Waals surface area contributed by atoms with Crippen molar-refractivity contribution in [1.82, 2.24) is 10.6 Å². The van der Waals surface area contributed by atoms with Gasteiger partial charge in [-0.05, 0) is 49.1 Å². The molecular formula is C22H30N2O3. The van der Waals surface area contributed by atoms with Crippen molar-refractivity contribution >= 4 is 5.91 Å². The van der Waals surface area contributed by atoms with E-state index < -0.39 is 0 Å². The molecule has 1 amide bonds. The van der Waals surface area contributed by atoms with Gasteiger partial charge in [0.1, 0.15) is 0 Å². The van der Waals surface area contributed by atoms with E-state index in [-0.39, 0.29) is 18.6 Å². The molecule has 0 spiro atoms. The predicted molar refractivity (Wildman–Crippen MR) is 108 cm³/mol. The van der Waals surface area contributed by atoms with Gasteiger partial charge < -0.3 is 20.1 Å². The number of benzene rings is 2. The number of ether oxygens (including phenoxy) is 2. The van der Waals surface area contributed by atoms with E-state index in [0.717, 1.165) is 12.0 Å². The summed E-state index contributed by atoms with van der Waals surface area (Å²) in [6, 6.07) is 14.7. The van der Waals surface area contributed by atoms with Gasteiger partial charge >= 0.3 is 0 Å². The van der Waals surface area contributed by atoms with Crippen molar-refractivity contribution in [3.8, 4) is 11.5 Å². The number of nitrogens with one attached hydrogen (secondary N) is 2. The number of rotatable bonds is 10. The third-order valence-electron chi connectivity index (χ3n) is 4.46. The van der Waals surface area contributed by atoms with Crippen LogP contribution in [0, 0.1) is 0 Å². The number of hydrogen-bond acceptors (Lipinski definition) is 4. The fourth-order valence-corrected chi connectivity index (χ4v) is 2.76. The Bertz CT molecular complexity index is 729. The third kappa shape index (κ3) is 6.29. The quantitative estimate of drug-likeness (QED) is 0.671. The van der Waals surface area contributed by atoms with Gasteiger partial charge in [-0.1, -0.05) is 37.3 Å². The van der Waals surface area contributed by atoms with Gasteiger partial charge in [-0.15, -0.1) is 0 Å². The summed E-state index contributed by atoms with van der Waals surface area (Å²) >= 11 is 0. The Kier molecular flexibility index (Phi) is 8.14. The van der Waals surface area contributed by atoms with E-state index in [4.69, 9.17) is 9.47 Å². The summed E-state index contributed by atoms with van der Waals surface area (Å²) in [6.07, 6.45) is 1.05. The molecule has 1 unspecified atom stereocenters. The SMILES string of the molecule is CCNC(=O)COc1ccc(CNC(C)c2ccc(CC)cc2)cc1OC. The average Bonchev–Trinajstić information content (AvgIpc) is 2.71. The van der Waals surface area contributed by atoms with Crippen LogP contribution in [0.15, 0.2) is 42.5 Å². The van der Waals surface area contributed by atoms with E-state index in [2.05, 4.69) is 48.7 Å². The largest absolute Gasteiger partial charge is 0.493 e. The van der Waals surface area contributed by atoms with Crippen molar-refractivity contribution < 1.29 is 14.3 Å². The number of hydrogen-bond donors (Lipinski definition) is 2. The van der Waals surface area contributed by atoms with Crippen molar-refractivity contribution in [3.05, 3.63) is 59.2 Å². The molecule has 0 aromatic heterocycles. The second kappa shape index (κ2) is 10.6. The molecule has 0 aliphatic heterocycles. The van der Waals surface area contributed by atoms with Gasteiger partial charge in [0.15, 0.2) is 18.1 Å². The Morgan fingerprint density at radius 1 is 1.04 bits per heavy atom. The fraction of sp³-hybridized carbons (Fsp3) is 0.409. The summed E-state index contributed by atoms with van der Waals surface area (Å²) in [4.78, 5) is 11.5. The monoisotopic (exact) mass is 370 g/mol. The van der Waals surface area contributed by atoms with E-state index in [1.807, 2.05) is 25.1 Å². The van der Waals surface area contributed by atoms with Gasteiger partial charge in [0, 0.05) is 19.1 Å². The van der Waals surface area contributed by atoms with Gasteiger partial charge in [0.25, 0.3) is 5.91 Å². The van der Waals surface area contributed by atoms with E-state index >= 15 is 0 Å². The molecule has 27 heavy (non-hydrogen) atoms. The van der Waals surface area contributed by atoms with E-state index in [1.54, 1.807) is 7.11 Å². The van der Waals surface area contributed by atoms with Crippen LogP contribution in [0.25, 0.3) is 0 Å². The van der Waals surface area contributed by atoms with Gasteiger partial charge in [-0.3, -0.25) is 4.79 Å². The molecule has 0 fully saturated rings. The minimum atomic E-state index is -0.145. The Morgan fingerprint density at radius 3 is 2.37 bits per heavy atom. The van der Waals surface area contributed by atoms with Crippen LogP contribution in [0.3, 0.4) is 0 Å². The molecule has 2 aromatic carbocycles. The molecule has 0 saturated heterocycles. The lowest BCUT2D eigenvalue weighted by molar-refractivity contribution is -0.123. The van der Waals surface area contributed by atoms with Crippen LogP contribution in [0.5, 0.6) is 11.5 Å². The van der Waals surface area contributed by atoms with Crippen LogP contribution < -0.4 is 20.1 Å². The molecule has 2 aromatic rings. The Balaban J connectivity index is 1.94. The molecule has 0 saturated carbocycles. The number of aryl methyl sites for hydroxylation is 1. The summed E-state index contributed by atoms with van der Waals surface area (Å²) in [5, 5.41) is 6.24. The Labute approximate surface area is 162 Å². The normalized spacial score (nSPS) is 11.7. The lowest BCUT2D eigenvalue weighted by atomic mass is 10.0. The summed E-state index contributed by atoms with van der Waals surface area (Å²) < 4.78 is 11.0. The first kappa shape index (κ1) is 20.8.